The zero-order chi connectivity index (χ0) is 18.8. The molecule has 2 aromatic heterocycles. The Balaban J connectivity index is 1.41. The number of benzene rings is 1. The van der Waals surface area contributed by atoms with E-state index in [0.29, 0.717) is 36.8 Å². The number of hydrogen-bond acceptors (Lipinski definition) is 5. The van der Waals surface area contributed by atoms with Crippen molar-refractivity contribution in [3.63, 3.8) is 0 Å². The van der Waals surface area contributed by atoms with Gasteiger partial charge >= 0.3 is 0 Å². The van der Waals surface area contributed by atoms with Crippen LogP contribution in [0.4, 0.5) is 10.1 Å². The number of piperazine rings is 1. The fraction of sp³-hybridized carbons (Fsp3) is 0.278. The number of aromatic nitrogens is 3. The number of thiophene rings is 1. The minimum Gasteiger partial charge on any atom is -0.368 e. The maximum Gasteiger partial charge on any atom is 0.242 e. The van der Waals surface area contributed by atoms with Gasteiger partial charge in [0.1, 0.15) is 12.4 Å². The summed E-state index contributed by atoms with van der Waals surface area (Å²) in [7, 11) is 0. The molecule has 0 unspecified atom stereocenters. The quantitative estimate of drug-likeness (QED) is 0.680. The molecular weight excluding hydrogens is 385 g/mol. The van der Waals surface area contributed by atoms with Crippen LogP contribution in [0.3, 0.4) is 0 Å². The number of halogens is 1. The molecule has 0 saturated carbocycles. The SMILES string of the molecule is O=C(Cn1c(-c2cccs2)n[nH]c1=S)N1CCN(c2ccc(F)cc2)CC1. The summed E-state index contributed by atoms with van der Waals surface area (Å²) in [4.78, 5) is 17.7. The number of amides is 1. The third kappa shape index (κ3) is 3.79. The Bertz CT molecular complexity index is 972. The average Bonchev–Trinajstić information content (AvgIpc) is 3.33. The molecule has 4 rings (SSSR count). The summed E-state index contributed by atoms with van der Waals surface area (Å²) in [6.45, 7) is 2.84. The lowest BCUT2D eigenvalue weighted by Gasteiger charge is -2.36. The second-order valence-corrected chi connectivity index (χ2v) is 7.59. The second-order valence-electron chi connectivity index (χ2n) is 6.26. The van der Waals surface area contributed by atoms with E-state index < -0.39 is 0 Å². The highest BCUT2D eigenvalue weighted by Gasteiger charge is 2.23. The number of rotatable bonds is 4. The number of nitrogens with zero attached hydrogens (tertiary/aromatic N) is 4. The van der Waals surface area contributed by atoms with Crippen molar-refractivity contribution in [2.75, 3.05) is 31.1 Å². The molecular formula is C18H18FN5OS2. The smallest absolute Gasteiger partial charge is 0.242 e. The molecule has 1 aliphatic rings. The summed E-state index contributed by atoms with van der Waals surface area (Å²) >= 11 is 6.86. The maximum atomic E-state index is 13.1. The second kappa shape index (κ2) is 7.61. The molecule has 3 heterocycles. The molecule has 0 radical (unpaired) electrons. The van der Waals surface area contributed by atoms with Crippen LogP contribution in [0.1, 0.15) is 0 Å². The van der Waals surface area contributed by atoms with Crippen molar-refractivity contribution in [1.29, 1.82) is 0 Å². The summed E-state index contributed by atoms with van der Waals surface area (Å²) < 4.78 is 15.3. The highest BCUT2D eigenvalue weighted by atomic mass is 32.1. The van der Waals surface area contributed by atoms with Gasteiger partial charge in [0.2, 0.25) is 5.91 Å². The monoisotopic (exact) mass is 403 g/mol. The minimum absolute atomic E-state index is 0.0177. The van der Waals surface area contributed by atoms with E-state index in [0.717, 1.165) is 10.6 Å². The van der Waals surface area contributed by atoms with Crippen molar-refractivity contribution in [3.8, 4) is 10.7 Å². The fourth-order valence-electron chi connectivity index (χ4n) is 3.16. The first-order valence-corrected chi connectivity index (χ1v) is 9.88. The standard InChI is InChI=1S/C18H18FN5OS2/c19-13-3-5-14(6-4-13)22-7-9-23(10-8-22)16(25)12-24-17(20-21-18(24)26)15-2-1-11-27-15/h1-6,11H,7-10,12H2,(H,21,26). The van der Waals surface area contributed by atoms with Crippen LogP contribution in [0.5, 0.6) is 0 Å². The van der Waals surface area contributed by atoms with Crippen LogP contribution >= 0.6 is 23.6 Å². The first kappa shape index (κ1) is 17.9. The van der Waals surface area contributed by atoms with Crippen molar-refractivity contribution < 1.29 is 9.18 Å². The van der Waals surface area contributed by atoms with Crippen LogP contribution in [0.2, 0.25) is 0 Å². The van der Waals surface area contributed by atoms with Gasteiger partial charge in [0.25, 0.3) is 0 Å². The van der Waals surface area contributed by atoms with Gasteiger partial charge in [-0.05, 0) is 47.9 Å². The molecule has 1 fully saturated rings. The number of carbonyl (C=O) groups excluding carboxylic acids is 1. The summed E-state index contributed by atoms with van der Waals surface area (Å²) in [5, 5.41) is 9.01. The topological polar surface area (TPSA) is 57.2 Å². The highest BCUT2D eigenvalue weighted by Crippen LogP contribution is 2.23. The molecule has 1 aromatic carbocycles. The van der Waals surface area contributed by atoms with Crippen molar-refractivity contribution in [1.82, 2.24) is 19.7 Å². The Hall–Kier alpha value is -2.52. The van der Waals surface area contributed by atoms with Gasteiger partial charge in [-0.25, -0.2) is 4.39 Å². The first-order valence-electron chi connectivity index (χ1n) is 8.59. The van der Waals surface area contributed by atoms with Gasteiger partial charge in [-0.2, -0.15) is 5.10 Å². The van der Waals surface area contributed by atoms with Crippen molar-refractivity contribution in [2.45, 2.75) is 6.54 Å². The minimum atomic E-state index is -0.244. The van der Waals surface area contributed by atoms with Crippen LogP contribution in [-0.2, 0) is 11.3 Å². The molecule has 0 bridgehead atoms. The molecule has 9 heteroatoms. The maximum absolute atomic E-state index is 13.1. The van der Waals surface area contributed by atoms with Gasteiger partial charge in [0.05, 0.1) is 4.88 Å². The van der Waals surface area contributed by atoms with E-state index in [1.165, 1.54) is 12.1 Å². The lowest BCUT2D eigenvalue weighted by Crippen LogP contribution is -2.49. The summed E-state index contributed by atoms with van der Waals surface area (Å²) in [6.07, 6.45) is 0. The summed E-state index contributed by atoms with van der Waals surface area (Å²) in [6, 6.07) is 10.4. The predicted octanol–water partition coefficient (Wildman–Crippen LogP) is 3.16. The lowest BCUT2D eigenvalue weighted by molar-refractivity contribution is -0.132. The normalized spacial score (nSPS) is 14.6. The van der Waals surface area contributed by atoms with Gasteiger partial charge in [0.15, 0.2) is 10.6 Å². The zero-order valence-corrected chi connectivity index (χ0v) is 16.1. The average molecular weight is 404 g/mol. The van der Waals surface area contributed by atoms with Crippen molar-refractivity contribution in [2.24, 2.45) is 0 Å². The molecule has 140 valence electrons. The zero-order valence-electron chi connectivity index (χ0n) is 14.5. The van der Waals surface area contributed by atoms with Gasteiger partial charge < -0.3 is 9.80 Å². The number of H-pyrrole nitrogens is 1. The van der Waals surface area contributed by atoms with Crippen LogP contribution in [0.25, 0.3) is 10.7 Å². The van der Waals surface area contributed by atoms with E-state index in [-0.39, 0.29) is 18.3 Å². The van der Waals surface area contributed by atoms with Crippen LogP contribution < -0.4 is 4.90 Å². The highest BCUT2D eigenvalue weighted by molar-refractivity contribution is 7.71. The van der Waals surface area contributed by atoms with Gasteiger partial charge in [0, 0.05) is 31.9 Å². The lowest BCUT2D eigenvalue weighted by atomic mass is 10.2. The van der Waals surface area contributed by atoms with E-state index in [2.05, 4.69) is 15.1 Å². The molecule has 1 saturated heterocycles. The van der Waals surface area contributed by atoms with Gasteiger partial charge in [-0.3, -0.25) is 14.5 Å². The summed E-state index contributed by atoms with van der Waals surface area (Å²) in [5.74, 6) is 0.461. The molecule has 1 N–H and O–H groups in total. The molecule has 6 nitrogen and oxygen atoms in total. The predicted molar refractivity (Wildman–Crippen MR) is 106 cm³/mol. The van der Waals surface area contributed by atoms with E-state index >= 15 is 0 Å². The van der Waals surface area contributed by atoms with E-state index in [1.807, 2.05) is 22.4 Å². The first-order chi connectivity index (χ1) is 13.1. The molecule has 1 amide bonds. The molecule has 0 aliphatic carbocycles. The molecule has 0 spiro atoms. The van der Waals surface area contributed by atoms with Gasteiger partial charge in [-0.1, -0.05) is 6.07 Å². The molecule has 1 aliphatic heterocycles. The Morgan fingerprint density at radius 1 is 1.19 bits per heavy atom. The number of nitrogens with one attached hydrogen (secondary N) is 1. The number of hydrogen-bond donors (Lipinski definition) is 1. The van der Waals surface area contributed by atoms with Crippen LogP contribution in [-0.4, -0.2) is 51.8 Å². The third-order valence-electron chi connectivity index (χ3n) is 4.62. The Morgan fingerprint density at radius 2 is 1.93 bits per heavy atom. The Labute approximate surface area is 164 Å². The molecule has 3 aromatic rings. The van der Waals surface area contributed by atoms with Crippen LogP contribution in [0, 0.1) is 10.6 Å². The Morgan fingerprint density at radius 3 is 2.59 bits per heavy atom. The number of anilines is 1. The van der Waals surface area contributed by atoms with Gasteiger partial charge in [-0.15, -0.1) is 11.3 Å². The molecule has 0 atom stereocenters. The molecule has 27 heavy (non-hydrogen) atoms. The number of carbonyl (C=O) groups is 1. The van der Waals surface area contributed by atoms with E-state index in [9.17, 15) is 9.18 Å². The van der Waals surface area contributed by atoms with Crippen molar-refractivity contribution in [3.05, 3.63) is 52.4 Å². The largest absolute Gasteiger partial charge is 0.368 e. The van der Waals surface area contributed by atoms with E-state index in [1.54, 1.807) is 28.0 Å². The Kier molecular flexibility index (Phi) is 5.04. The number of aromatic amines is 1. The van der Waals surface area contributed by atoms with Crippen LogP contribution in [0.15, 0.2) is 41.8 Å². The third-order valence-corrected chi connectivity index (χ3v) is 5.79. The fourth-order valence-corrected chi connectivity index (χ4v) is 4.08. The van der Waals surface area contributed by atoms with Crippen molar-refractivity contribution >= 4 is 35.1 Å². The van der Waals surface area contributed by atoms with E-state index in [4.69, 9.17) is 12.2 Å². The summed E-state index contributed by atoms with van der Waals surface area (Å²) in [5.41, 5.74) is 0.973.